The lowest BCUT2D eigenvalue weighted by atomic mass is 10.2. The number of aliphatic hydroxyl groups is 2. The zero-order valence-corrected chi connectivity index (χ0v) is 14.2. The molecule has 0 saturated carbocycles. The summed E-state index contributed by atoms with van der Waals surface area (Å²) >= 11 is 0. The Hall–Kier alpha value is -3.08. The molecule has 4 N–H and O–H groups in total. The third-order valence-corrected chi connectivity index (χ3v) is 4.32. The van der Waals surface area contributed by atoms with Crippen molar-refractivity contribution in [3.63, 3.8) is 0 Å². The van der Waals surface area contributed by atoms with E-state index in [0.717, 1.165) is 0 Å². The van der Waals surface area contributed by atoms with Crippen molar-refractivity contribution < 1.29 is 19.7 Å². The van der Waals surface area contributed by atoms with Crippen LogP contribution in [0.1, 0.15) is 12.6 Å². The zero-order chi connectivity index (χ0) is 18.8. The maximum absolute atomic E-state index is 12.2. The van der Waals surface area contributed by atoms with Crippen molar-refractivity contribution >= 4 is 28.7 Å². The molecule has 1 saturated heterocycles. The number of aliphatic hydroxyl groups excluding tert-OH is 2. The second-order valence-electron chi connectivity index (χ2n) is 6.11. The number of carbonyl (C=O) groups is 1. The Balaban J connectivity index is 1.55. The van der Waals surface area contributed by atoms with Crippen molar-refractivity contribution in [3.05, 3.63) is 43.0 Å². The van der Waals surface area contributed by atoms with Crippen molar-refractivity contribution in [2.45, 2.75) is 24.9 Å². The molecule has 1 aromatic carbocycles. The van der Waals surface area contributed by atoms with Crippen LogP contribution in [-0.2, 0) is 4.74 Å². The number of imidazole rings is 1. The molecule has 4 rings (SSSR count). The number of anilines is 2. The van der Waals surface area contributed by atoms with Crippen molar-refractivity contribution in [1.82, 2.24) is 19.5 Å². The van der Waals surface area contributed by atoms with Gasteiger partial charge in [-0.2, -0.15) is 0 Å². The minimum atomic E-state index is -0.770. The molecule has 0 aliphatic carbocycles. The fourth-order valence-electron chi connectivity index (χ4n) is 3.00. The highest BCUT2D eigenvalue weighted by molar-refractivity contribution is 6.02. The number of hydrogen-bond acceptors (Lipinski definition) is 7. The molecule has 0 radical (unpaired) electrons. The second-order valence-corrected chi connectivity index (χ2v) is 6.11. The number of rotatable bonds is 4. The highest BCUT2D eigenvalue weighted by Gasteiger charge is 2.35. The summed E-state index contributed by atoms with van der Waals surface area (Å²) in [5.41, 5.74) is 1.50. The number of hydrogen-bond donors (Lipinski definition) is 4. The standard InChI is InChI=1S/C17H18N6O4/c24-7-12-11(25)6-13(27-12)23-9-20-14-15(18-8-19-16(14)23)22-17(26)21-10-4-2-1-3-5-10/h1-5,8-9,11-13,24-25H,6-7H2,(H2,18,19,21,22,26). The molecule has 10 nitrogen and oxygen atoms in total. The Labute approximate surface area is 153 Å². The first-order valence-electron chi connectivity index (χ1n) is 8.40. The van der Waals surface area contributed by atoms with Gasteiger partial charge >= 0.3 is 6.03 Å². The van der Waals surface area contributed by atoms with Crippen LogP contribution in [0.3, 0.4) is 0 Å². The monoisotopic (exact) mass is 370 g/mol. The fourth-order valence-corrected chi connectivity index (χ4v) is 3.00. The first-order valence-corrected chi connectivity index (χ1v) is 8.40. The summed E-state index contributed by atoms with van der Waals surface area (Å²) in [5, 5.41) is 24.5. The van der Waals surface area contributed by atoms with Crippen LogP contribution in [0, 0.1) is 0 Å². The predicted molar refractivity (Wildman–Crippen MR) is 96.0 cm³/mol. The van der Waals surface area contributed by atoms with Gasteiger partial charge in [-0.25, -0.2) is 19.7 Å². The third kappa shape index (κ3) is 3.45. The maximum atomic E-state index is 12.2. The lowest BCUT2D eigenvalue weighted by Gasteiger charge is -2.13. The van der Waals surface area contributed by atoms with Crippen LogP contribution in [-0.4, -0.2) is 54.6 Å². The summed E-state index contributed by atoms with van der Waals surface area (Å²) in [6.45, 7) is -0.272. The van der Waals surface area contributed by atoms with Crippen molar-refractivity contribution in [1.29, 1.82) is 0 Å². The highest BCUT2D eigenvalue weighted by atomic mass is 16.5. The molecule has 2 aromatic heterocycles. The Morgan fingerprint density at radius 1 is 1.22 bits per heavy atom. The van der Waals surface area contributed by atoms with Gasteiger partial charge in [0.05, 0.1) is 19.0 Å². The van der Waals surface area contributed by atoms with Gasteiger partial charge in [0.1, 0.15) is 18.7 Å². The molecule has 27 heavy (non-hydrogen) atoms. The van der Waals surface area contributed by atoms with E-state index in [-0.39, 0.29) is 12.4 Å². The van der Waals surface area contributed by atoms with Crippen LogP contribution >= 0.6 is 0 Å². The Bertz CT molecular complexity index is 947. The zero-order valence-electron chi connectivity index (χ0n) is 14.2. The first kappa shape index (κ1) is 17.3. The molecule has 1 fully saturated rings. The van der Waals surface area contributed by atoms with E-state index in [0.29, 0.717) is 23.3 Å². The molecular weight excluding hydrogens is 352 g/mol. The molecule has 1 aliphatic heterocycles. The highest BCUT2D eigenvalue weighted by Crippen LogP contribution is 2.31. The number of urea groups is 1. The summed E-state index contributed by atoms with van der Waals surface area (Å²) in [6, 6.07) is 8.57. The van der Waals surface area contributed by atoms with Gasteiger partial charge in [-0.05, 0) is 12.1 Å². The molecule has 3 unspecified atom stereocenters. The van der Waals surface area contributed by atoms with Crippen molar-refractivity contribution in [3.8, 4) is 0 Å². The lowest BCUT2D eigenvalue weighted by Crippen LogP contribution is -2.24. The van der Waals surface area contributed by atoms with Crippen molar-refractivity contribution in [2.75, 3.05) is 17.2 Å². The van der Waals surface area contributed by atoms with Gasteiger partial charge < -0.3 is 20.3 Å². The van der Waals surface area contributed by atoms with Crippen LogP contribution in [0.2, 0.25) is 0 Å². The number of nitrogens with one attached hydrogen (secondary N) is 2. The molecule has 0 spiro atoms. The number of aromatic nitrogens is 4. The number of para-hydroxylation sites is 1. The Kier molecular flexibility index (Phi) is 4.67. The minimum absolute atomic E-state index is 0.254. The average molecular weight is 370 g/mol. The van der Waals surface area contributed by atoms with Crippen LogP contribution in [0.15, 0.2) is 43.0 Å². The summed E-state index contributed by atoms with van der Waals surface area (Å²) in [7, 11) is 0. The van der Waals surface area contributed by atoms with E-state index >= 15 is 0 Å². The third-order valence-electron chi connectivity index (χ3n) is 4.32. The van der Waals surface area contributed by atoms with Crippen LogP contribution in [0.5, 0.6) is 0 Å². The number of fused-ring (bicyclic) bond motifs is 1. The molecule has 1 aliphatic rings. The van der Waals surface area contributed by atoms with Crippen LogP contribution < -0.4 is 10.6 Å². The van der Waals surface area contributed by atoms with Gasteiger partial charge in [0.25, 0.3) is 0 Å². The van der Waals surface area contributed by atoms with E-state index in [2.05, 4.69) is 25.6 Å². The molecular formula is C17H18N6O4. The smallest absolute Gasteiger partial charge is 0.324 e. The number of carbonyl (C=O) groups excluding carboxylic acids is 1. The second kappa shape index (κ2) is 7.27. The normalized spacial score (nSPS) is 22.1. The van der Waals surface area contributed by atoms with E-state index in [1.165, 1.54) is 12.7 Å². The number of ether oxygens (including phenoxy) is 1. The Morgan fingerprint density at radius 2 is 2.04 bits per heavy atom. The van der Waals surface area contributed by atoms with Gasteiger partial charge in [0.15, 0.2) is 17.0 Å². The average Bonchev–Trinajstić information content (AvgIpc) is 3.26. The van der Waals surface area contributed by atoms with Crippen molar-refractivity contribution in [2.24, 2.45) is 0 Å². The van der Waals surface area contributed by atoms with E-state index in [1.807, 2.05) is 18.2 Å². The topological polar surface area (TPSA) is 134 Å². The maximum Gasteiger partial charge on any atom is 0.324 e. The lowest BCUT2D eigenvalue weighted by molar-refractivity contribution is -0.0432. The minimum Gasteiger partial charge on any atom is -0.394 e. The fraction of sp³-hybridized carbons (Fsp3) is 0.294. The molecule has 3 atom stereocenters. The molecule has 140 valence electrons. The van der Waals surface area contributed by atoms with Gasteiger partial charge in [0, 0.05) is 12.1 Å². The molecule has 2 amide bonds. The molecule has 10 heteroatoms. The van der Waals surface area contributed by atoms with E-state index in [4.69, 9.17) is 4.74 Å². The predicted octanol–water partition coefficient (Wildman–Crippen LogP) is 1.11. The number of nitrogens with zero attached hydrogens (tertiary/aromatic N) is 4. The van der Waals surface area contributed by atoms with Crippen LogP contribution in [0.4, 0.5) is 16.3 Å². The first-order chi connectivity index (χ1) is 13.2. The van der Waals surface area contributed by atoms with E-state index in [9.17, 15) is 15.0 Å². The summed E-state index contributed by atoms with van der Waals surface area (Å²) in [6.07, 6.45) is 1.20. The Morgan fingerprint density at radius 3 is 2.78 bits per heavy atom. The summed E-state index contributed by atoms with van der Waals surface area (Å²) < 4.78 is 7.29. The number of amides is 2. The molecule has 3 aromatic rings. The van der Waals surface area contributed by atoms with E-state index < -0.39 is 24.5 Å². The summed E-state index contributed by atoms with van der Waals surface area (Å²) in [4.78, 5) is 24.8. The van der Waals surface area contributed by atoms with Crippen LogP contribution in [0.25, 0.3) is 11.2 Å². The van der Waals surface area contributed by atoms with Gasteiger partial charge in [0.2, 0.25) is 0 Å². The number of benzene rings is 1. The SMILES string of the molecule is O=C(Nc1ccccc1)Nc1ncnc2c1ncn2C1CC(O)C(CO)O1. The molecule has 3 heterocycles. The summed E-state index contributed by atoms with van der Waals surface area (Å²) in [5.74, 6) is 0.254. The van der Waals surface area contributed by atoms with Gasteiger partial charge in [-0.1, -0.05) is 18.2 Å². The quantitative estimate of drug-likeness (QED) is 0.540. The van der Waals surface area contributed by atoms with Gasteiger partial charge in [-0.3, -0.25) is 9.88 Å². The van der Waals surface area contributed by atoms with E-state index in [1.54, 1.807) is 16.7 Å². The largest absolute Gasteiger partial charge is 0.394 e. The van der Waals surface area contributed by atoms with Gasteiger partial charge in [-0.15, -0.1) is 0 Å². The molecule has 0 bridgehead atoms.